The maximum atomic E-state index is 12.8. The molecule has 9 heteroatoms. The van der Waals surface area contributed by atoms with E-state index in [9.17, 15) is 13.2 Å². The molecule has 1 unspecified atom stereocenters. The fourth-order valence-electron chi connectivity index (χ4n) is 3.24. The van der Waals surface area contributed by atoms with Crippen LogP contribution in [0.5, 0.6) is 0 Å². The van der Waals surface area contributed by atoms with Crippen molar-refractivity contribution in [3.05, 3.63) is 70.8 Å². The highest BCUT2D eigenvalue weighted by molar-refractivity contribution is 9.10. The van der Waals surface area contributed by atoms with E-state index >= 15 is 0 Å². The number of anilines is 2. The SMILES string of the molecule is CC(C1CC1)n1nccc1NC(=O)c1cccc(S(=O)(=O)Nc2ccc(Br)cc2)c1. The summed E-state index contributed by atoms with van der Waals surface area (Å²) in [7, 11) is -3.83. The predicted octanol–water partition coefficient (Wildman–Crippen LogP) is 4.67. The largest absolute Gasteiger partial charge is 0.307 e. The lowest BCUT2D eigenvalue weighted by molar-refractivity contribution is 0.102. The number of hydrogen-bond donors (Lipinski definition) is 2. The molecule has 1 saturated carbocycles. The summed E-state index contributed by atoms with van der Waals surface area (Å²) in [5.74, 6) is 0.791. The highest BCUT2D eigenvalue weighted by Crippen LogP contribution is 2.40. The number of benzene rings is 2. The van der Waals surface area contributed by atoms with E-state index in [1.54, 1.807) is 48.7 Å². The molecule has 1 fully saturated rings. The van der Waals surface area contributed by atoms with Crippen LogP contribution in [0, 0.1) is 5.92 Å². The first-order valence-corrected chi connectivity index (χ1v) is 11.8. The van der Waals surface area contributed by atoms with Crippen LogP contribution in [-0.4, -0.2) is 24.1 Å². The fraction of sp³-hybridized carbons (Fsp3) is 0.238. The number of carbonyl (C=O) groups is 1. The second kappa shape index (κ2) is 8.23. The molecule has 4 rings (SSSR count). The van der Waals surface area contributed by atoms with Crippen LogP contribution < -0.4 is 10.0 Å². The number of nitrogens with zero attached hydrogens (tertiary/aromatic N) is 2. The third-order valence-electron chi connectivity index (χ3n) is 5.10. The minimum Gasteiger partial charge on any atom is -0.307 e. The normalized spacial score (nSPS) is 14.9. The molecule has 3 aromatic rings. The Morgan fingerprint density at radius 2 is 1.90 bits per heavy atom. The minimum absolute atomic E-state index is 0.0120. The van der Waals surface area contributed by atoms with Gasteiger partial charge >= 0.3 is 0 Å². The molecule has 0 aliphatic heterocycles. The van der Waals surface area contributed by atoms with Crippen molar-refractivity contribution < 1.29 is 13.2 Å². The fourth-order valence-corrected chi connectivity index (χ4v) is 4.61. The summed E-state index contributed by atoms with van der Waals surface area (Å²) < 4.78 is 30.6. The molecular formula is C21H21BrN4O3S. The third-order valence-corrected chi connectivity index (χ3v) is 7.01. The molecule has 2 aromatic carbocycles. The van der Waals surface area contributed by atoms with E-state index in [0.717, 1.165) is 4.47 Å². The predicted molar refractivity (Wildman–Crippen MR) is 119 cm³/mol. The Morgan fingerprint density at radius 1 is 1.17 bits per heavy atom. The van der Waals surface area contributed by atoms with E-state index in [-0.39, 0.29) is 22.4 Å². The maximum Gasteiger partial charge on any atom is 0.261 e. The van der Waals surface area contributed by atoms with E-state index in [4.69, 9.17) is 0 Å². The van der Waals surface area contributed by atoms with Gasteiger partial charge in [0.2, 0.25) is 0 Å². The van der Waals surface area contributed by atoms with E-state index in [0.29, 0.717) is 17.4 Å². The zero-order valence-electron chi connectivity index (χ0n) is 16.2. The summed E-state index contributed by atoms with van der Waals surface area (Å²) in [6.45, 7) is 2.08. The molecule has 0 radical (unpaired) electrons. The number of hydrogen-bond acceptors (Lipinski definition) is 4. The molecule has 0 bridgehead atoms. The van der Waals surface area contributed by atoms with Crippen LogP contribution in [0.15, 0.2) is 70.2 Å². The first kappa shape index (κ1) is 20.6. The van der Waals surface area contributed by atoms with Crippen LogP contribution in [0.4, 0.5) is 11.5 Å². The van der Waals surface area contributed by atoms with Gasteiger partial charge in [0.1, 0.15) is 5.82 Å². The van der Waals surface area contributed by atoms with E-state index in [1.165, 1.54) is 25.0 Å². The Morgan fingerprint density at radius 3 is 2.60 bits per heavy atom. The van der Waals surface area contributed by atoms with Crippen LogP contribution in [-0.2, 0) is 10.0 Å². The van der Waals surface area contributed by atoms with Gasteiger partial charge < -0.3 is 5.32 Å². The van der Waals surface area contributed by atoms with Crippen molar-refractivity contribution in [1.82, 2.24) is 9.78 Å². The Balaban J connectivity index is 1.52. The molecule has 1 aliphatic rings. The zero-order valence-corrected chi connectivity index (χ0v) is 18.7. The van der Waals surface area contributed by atoms with E-state index < -0.39 is 10.0 Å². The highest BCUT2D eigenvalue weighted by Gasteiger charge is 2.31. The Hall–Kier alpha value is -2.65. The van der Waals surface area contributed by atoms with Gasteiger partial charge in [0.25, 0.3) is 15.9 Å². The summed E-state index contributed by atoms with van der Waals surface area (Å²) >= 11 is 3.32. The van der Waals surface area contributed by atoms with Gasteiger partial charge in [-0.1, -0.05) is 22.0 Å². The lowest BCUT2D eigenvalue weighted by Gasteiger charge is -2.15. The summed E-state index contributed by atoms with van der Waals surface area (Å²) in [4.78, 5) is 12.8. The van der Waals surface area contributed by atoms with Crippen LogP contribution in [0.25, 0.3) is 0 Å². The average Bonchev–Trinajstić information content (AvgIpc) is 3.48. The standard InChI is InChI=1S/C21H21BrN4O3S/c1-14(15-5-6-15)26-20(11-12-23-26)24-21(27)16-3-2-4-19(13-16)30(28,29)25-18-9-7-17(22)8-10-18/h2-4,7-15,25H,5-6H2,1H3,(H,24,27). The van der Waals surface area contributed by atoms with Crippen molar-refractivity contribution in [3.8, 4) is 0 Å². The van der Waals surface area contributed by atoms with Gasteiger partial charge in [-0.2, -0.15) is 5.10 Å². The summed E-state index contributed by atoms with van der Waals surface area (Å²) in [6, 6.07) is 14.7. The molecule has 0 saturated heterocycles. The summed E-state index contributed by atoms with van der Waals surface area (Å²) in [5, 5.41) is 7.17. The molecule has 156 valence electrons. The average molecular weight is 489 g/mol. The number of halogens is 1. The number of sulfonamides is 1. The molecule has 30 heavy (non-hydrogen) atoms. The van der Waals surface area contributed by atoms with E-state index in [2.05, 4.69) is 38.0 Å². The van der Waals surface area contributed by atoms with Gasteiger partial charge in [-0.05, 0) is 68.1 Å². The molecule has 1 atom stereocenters. The zero-order chi connectivity index (χ0) is 21.3. The lowest BCUT2D eigenvalue weighted by Crippen LogP contribution is -2.19. The lowest BCUT2D eigenvalue weighted by atomic mass is 10.2. The first-order valence-electron chi connectivity index (χ1n) is 9.57. The number of nitrogens with one attached hydrogen (secondary N) is 2. The Labute approximate surface area is 183 Å². The maximum absolute atomic E-state index is 12.8. The monoisotopic (exact) mass is 488 g/mol. The molecule has 1 aromatic heterocycles. The Kier molecular flexibility index (Phi) is 5.66. The molecule has 2 N–H and O–H groups in total. The van der Waals surface area contributed by atoms with Crippen molar-refractivity contribution >= 4 is 43.4 Å². The molecule has 1 aliphatic carbocycles. The molecule has 7 nitrogen and oxygen atoms in total. The topological polar surface area (TPSA) is 93.1 Å². The molecule has 0 spiro atoms. The van der Waals surface area contributed by atoms with Crippen LogP contribution in [0.2, 0.25) is 0 Å². The van der Waals surface area contributed by atoms with Gasteiger partial charge in [0.05, 0.1) is 17.1 Å². The van der Waals surface area contributed by atoms with Gasteiger partial charge in [0, 0.05) is 21.8 Å². The van der Waals surface area contributed by atoms with Gasteiger partial charge in [-0.25, -0.2) is 13.1 Å². The molecular weight excluding hydrogens is 468 g/mol. The Bertz CT molecular complexity index is 1170. The third kappa shape index (κ3) is 4.57. The number of rotatable bonds is 7. The van der Waals surface area contributed by atoms with Crippen molar-refractivity contribution in [2.24, 2.45) is 5.92 Å². The van der Waals surface area contributed by atoms with Gasteiger partial charge in [-0.3, -0.25) is 9.52 Å². The highest BCUT2D eigenvalue weighted by atomic mass is 79.9. The second-order valence-corrected chi connectivity index (χ2v) is 9.93. The van der Waals surface area contributed by atoms with Crippen molar-refractivity contribution in [1.29, 1.82) is 0 Å². The number of aromatic nitrogens is 2. The number of amides is 1. The van der Waals surface area contributed by atoms with Crippen molar-refractivity contribution in [2.75, 3.05) is 10.0 Å². The summed E-state index contributed by atoms with van der Waals surface area (Å²) in [5.41, 5.74) is 0.687. The summed E-state index contributed by atoms with van der Waals surface area (Å²) in [6.07, 6.45) is 3.98. The second-order valence-electron chi connectivity index (χ2n) is 7.33. The smallest absolute Gasteiger partial charge is 0.261 e. The molecule has 1 heterocycles. The van der Waals surface area contributed by atoms with Crippen LogP contribution >= 0.6 is 15.9 Å². The van der Waals surface area contributed by atoms with Crippen LogP contribution in [0.1, 0.15) is 36.2 Å². The number of carbonyl (C=O) groups excluding carboxylic acids is 1. The van der Waals surface area contributed by atoms with Crippen molar-refractivity contribution in [3.63, 3.8) is 0 Å². The van der Waals surface area contributed by atoms with Gasteiger partial charge in [-0.15, -0.1) is 0 Å². The first-order chi connectivity index (χ1) is 14.3. The quantitative estimate of drug-likeness (QED) is 0.505. The molecule has 1 amide bonds. The van der Waals surface area contributed by atoms with Gasteiger partial charge in [0.15, 0.2) is 0 Å². The van der Waals surface area contributed by atoms with Crippen molar-refractivity contribution in [2.45, 2.75) is 30.7 Å². The van der Waals surface area contributed by atoms with E-state index in [1.807, 2.05) is 4.68 Å². The van der Waals surface area contributed by atoms with Crippen LogP contribution in [0.3, 0.4) is 0 Å². The minimum atomic E-state index is -3.83.